The molecule has 0 atom stereocenters. The highest BCUT2D eigenvalue weighted by Crippen LogP contribution is 2.21. The van der Waals surface area contributed by atoms with E-state index in [1.807, 2.05) is 13.0 Å². The number of carbonyl (C=O) groups excluding carboxylic acids is 1. The van der Waals surface area contributed by atoms with Crippen molar-refractivity contribution >= 4 is 33.3 Å². The molecule has 0 amide bonds. The van der Waals surface area contributed by atoms with E-state index in [-0.39, 0.29) is 5.78 Å². The lowest BCUT2D eigenvalue weighted by Crippen LogP contribution is -2.03. The van der Waals surface area contributed by atoms with Gasteiger partial charge in [-0.25, -0.2) is 0 Å². The number of nitrogens with zero attached hydrogens (tertiary/aromatic N) is 1. The summed E-state index contributed by atoms with van der Waals surface area (Å²) < 4.78 is 0.755. The van der Waals surface area contributed by atoms with Crippen molar-refractivity contribution in [3.63, 3.8) is 0 Å². The molecule has 0 aliphatic carbocycles. The highest BCUT2D eigenvalue weighted by atomic mass is 79.9. The molecule has 1 aromatic carbocycles. The van der Waals surface area contributed by atoms with Crippen molar-refractivity contribution in [1.29, 1.82) is 0 Å². The summed E-state index contributed by atoms with van der Waals surface area (Å²) in [5.41, 5.74) is 2.02. The van der Waals surface area contributed by atoms with E-state index in [2.05, 4.69) is 20.9 Å². The average molecular weight is 311 g/mol. The molecule has 1 aromatic heterocycles. The van der Waals surface area contributed by atoms with Crippen LogP contribution in [0.3, 0.4) is 0 Å². The van der Waals surface area contributed by atoms with Crippen molar-refractivity contribution in [2.45, 2.75) is 6.92 Å². The number of rotatable bonds is 2. The van der Waals surface area contributed by atoms with Gasteiger partial charge in [0, 0.05) is 26.9 Å². The molecule has 2 aromatic rings. The molecule has 2 nitrogen and oxygen atoms in total. The summed E-state index contributed by atoms with van der Waals surface area (Å²) in [4.78, 5) is 16.3. The van der Waals surface area contributed by atoms with Crippen LogP contribution in [0, 0.1) is 6.92 Å². The van der Waals surface area contributed by atoms with E-state index in [0.717, 1.165) is 10.2 Å². The standard InChI is InChI=1S/C13H9BrClNO/c1-8-6-12(14)11(7-16-8)13(17)9-2-4-10(15)5-3-9/h2-7H,1H3. The predicted octanol–water partition coefficient (Wildman–Crippen LogP) is 4.04. The first-order valence-corrected chi connectivity index (χ1v) is 6.17. The van der Waals surface area contributed by atoms with Crippen molar-refractivity contribution in [2.24, 2.45) is 0 Å². The lowest BCUT2D eigenvalue weighted by molar-refractivity contribution is 0.103. The van der Waals surface area contributed by atoms with E-state index in [9.17, 15) is 4.79 Å². The number of aromatic nitrogens is 1. The van der Waals surface area contributed by atoms with Gasteiger partial charge in [-0.1, -0.05) is 11.6 Å². The van der Waals surface area contributed by atoms with Crippen LogP contribution >= 0.6 is 27.5 Å². The van der Waals surface area contributed by atoms with E-state index in [1.54, 1.807) is 30.5 Å². The van der Waals surface area contributed by atoms with Crippen LogP contribution in [0.4, 0.5) is 0 Å². The summed E-state index contributed by atoms with van der Waals surface area (Å²) in [6.07, 6.45) is 1.58. The molecule has 0 fully saturated rings. The van der Waals surface area contributed by atoms with Crippen LogP contribution in [0.5, 0.6) is 0 Å². The Bertz CT molecular complexity index is 566. The number of hydrogen-bond acceptors (Lipinski definition) is 2. The molecule has 0 aliphatic rings. The first kappa shape index (κ1) is 12.3. The van der Waals surface area contributed by atoms with Crippen molar-refractivity contribution < 1.29 is 4.79 Å². The Balaban J connectivity index is 2.40. The maximum atomic E-state index is 12.2. The third-order valence-corrected chi connectivity index (χ3v) is 3.25. The van der Waals surface area contributed by atoms with Gasteiger partial charge in [-0.2, -0.15) is 0 Å². The van der Waals surface area contributed by atoms with E-state index in [1.165, 1.54) is 0 Å². The highest BCUT2D eigenvalue weighted by Gasteiger charge is 2.12. The molecule has 0 saturated carbocycles. The fourth-order valence-electron chi connectivity index (χ4n) is 1.45. The second-order valence-corrected chi connectivity index (χ2v) is 4.93. The van der Waals surface area contributed by atoms with Gasteiger partial charge in [0.2, 0.25) is 0 Å². The fourth-order valence-corrected chi connectivity index (χ4v) is 2.19. The number of pyridine rings is 1. The van der Waals surface area contributed by atoms with Gasteiger partial charge in [0.15, 0.2) is 5.78 Å². The largest absolute Gasteiger partial charge is 0.289 e. The lowest BCUT2D eigenvalue weighted by Gasteiger charge is -2.04. The molecule has 0 radical (unpaired) electrons. The zero-order valence-corrected chi connectivity index (χ0v) is 11.4. The Morgan fingerprint density at radius 2 is 1.94 bits per heavy atom. The topological polar surface area (TPSA) is 30.0 Å². The van der Waals surface area contributed by atoms with Crippen LogP contribution in [0.15, 0.2) is 41.0 Å². The second kappa shape index (κ2) is 4.98. The average Bonchev–Trinajstić information content (AvgIpc) is 2.29. The Hall–Kier alpha value is -1.19. The number of benzene rings is 1. The zero-order chi connectivity index (χ0) is 12.4. The van der Waals surface area contributed by atoms with Crippen LogP contribution < -0.4 is 0 Å². The molecule has 4 heteroatoms. The summed E-state index contributed by atoms with van der Waals surface area (Å²) in [6, 6.07) is 8.63. The predicted molar refractivity (Wildman–Crippen MR) is 71.6 cm³/mol. The third kappa shape index (κ3) is 2.73. The summed E-state index contributed by atoms with van der Waals surface area (Å²) in [6.45, 7) is 1.88. The van der Waals surface area contributed by atoms with Crippen LogP contribution in [-0.4, -0.2) is 10.8 Å². The van der Waals surface area contributed by atoms with Gasteiger partial charge in [0.25, 0.3) is 0 Å². The summed E-state index contributed by atoms with van der Waals surface area (Å²) in [7, 11) is 0. The van der Waals surface area contributed by atoms with Gasteiger partial charge in [-0.3, -0.25) is 9.78 Å². The molecule has 0 bridgehead atoms. The SMILES string of the molecule is Cc1cc(Br)c(C(=O)c2ccc(Cl)cc2)cn1. The quantitative estimate of drug-likeness (QED) is 0.784. The number of carbonyl (C=O) groups is 1. The minimum absolute atomic E-state index is 0.0685. The van der Waals surface area contributed by atoms with Crippen LogP contribution in [0.1, 0.15) is 21.6 Å². The number of ketones is 1. The van der Waals surface area contributed by atoms with E-state index in [0.29, 0.717) is 16.1 Å². The number of halogens is 2. The summed E-state index contributed by atoms with van der Waals surface area (Å²) >= 11 is 9.15. The number of aryl methyl sites for hydroxylation is 1. The first-order chi connectivity index (χ1) is 8.08. The van der Waals surface area contributed by atoms with E-state index >= 15 is 0 Å². The molecule has 17 heavy (non-hydrogen) atoms. The smallest absolute Gasteiger partial charge is 0.195 e. The van der Waals surface area contributed by atoms with Crippen molar-refractivity contribution in [3.05, 3.63) is 62.8 Å². The van der Waals surface area contributed by atoms with E-state index < -0.39 is 0 Å². The third-order valence-electron chi connectivity index (χ3n) is 2.34. The molecule has 0 unspecified atom stereocenters. The minimum Gasteiger partial charge on any atom is -0.289 e. The van der Waals surface area contributed by atoms with E-state index in [4.69, 9.17) is 11.6 Å². The molecular weight excluding hydrogens is 302 g/mol. The van der Waals surface area contributed by atoms with Gasteiger partial charge in [0.1, 0.15) is 0 Å². The first-order valence-electron chi connectivity index (χ1n) is 5.00. The Labute approximate surface area is 113 Å². The lowest BCUT2D eigenvalue weighted by atomic mass is 10.1. The Kier molecular flexibility index (Phi) is 3.60. The van der Waals surface area contributed by atoms with Crippen molar-refractivity contribution in [2.75, 3.05) is 0 Å². The second-order valence-electron chi connectivity index (χ2n) is 3.64. The Morgan fingerprint density at radius 1 is 1.29 bits per heavy atom. The molecule has 0 N–H and O–H groups in total. The van der Waals surface area contributed by atoms with Crippen LogP contribution in [0.25, 0.3) is 0 Å². The van der Waals surface area contributed by atoms with Gasteiger partial charge in [-0.15, -0.1) is 0 Å². The maximum Gasteiger partial charge on any atom is 0.195 e. The minimum atomic E-state index is -0.0685. The van der Waals surface area contributed by atoms with Gasteiger partial charge >= 0.3 is 0 Å². The van der Waals surface area contributed by atoms with Gasteiger partial charge < -0.3 is 0 Å². The maximum absolute atomic E-state index is 12.2. The fraction of sp³-hybridized carbons (Fsp3) is 0.0769. The molecule has 0 aliphatic heterocycles. The van der Waals surface area contributed by atoms with Gasteiger partial charge in [0.05, 0.1) is 5.56 Å². The highest BCUT2D eigenvalue weighted by molar-refractivity contribution is 9.10. The molecule has 0 saturated heterocycles. The summed E-state index contributed by atoms with van der Waals surface area (Å²) in [5.74, 6) is -0.0685. The Morgan fingerprint density at radius 3 is 2.53 bits per heavy atom. The zero-order valence-electron chi connectivity index (χ0n) is 9.08. The van der Waals surface area contributed by atoms with Crippen LogP contribution in [-0.2, 0) is 0 Å². The molecule has 86 valence electrons. The van der Waals surface area contributed by atoms with Gasteiger partial charge in [-0.05, 0) is 53.2 Å². The normalized spacial score (nSPS) is 10.3. The molecule has 0 spiro atoms. The number of hydrogen-bond donors (Lipinski definition) is 0. The molecular formula is C13H9BrClNO. The summed E-state index contributed by atoms with van der Waals surface area (Å²) in [5, 5.41) is 0.614. The molecule has 1 heterocycles. The van der Waals surface area contributed by atoms with Crippen molar-refractivity contribution in [1.82, 2.24) is 4.98 Å². The van der Waals surface area contributed by atoms with Crippen molar-refractivity contribution in [3.8, 4) is 0 Å². The monoisotopic (exact) mass is 309 g/mol. The molecule has 2 rings (SSSR count). The van der Waals surface area contributed by atoms with Crippen LogP contribution in [0.2, 0.25) is 5.02 Å².